The predicted octanol–water partition coefficient (Wildman–Crippen LogP) is 3.80. The van der Waals surface area contributed by atoms with E-state index in [1.54, 1.807) is 0 Å². The Morgan fingerprint density at radius 1 is 1.29 bits per heavy atom. The number of benzene rings is 1. The zero-order valence-corrected chi connectivity index (χ0v) is 15.2. The number of ketones is 1. The van der Waals surface area contributed by atoms with Crippen LogP contribution in [0.1, 0.15) is 50.3 Å². The zero-order valence-electron chi connectivity index (χ0n) is 15.2. The SMILES string of the molecule is Cc1cccc2c1CC1C(CC1C(=O)CC(C)(C)C)OC21COC1. The molecule has 4 rings (SSSR count). The molecule has 1 aromatic rings. The van der Waals surface area contributed by atoms with Crippen molar-refractivity contribution in [2.75, 3.05) is 13.2 Å². The van der Waals surface area contributed by atoms with Crippen LogP contribution in [0, 0.1) is 24.2 Å². The summed E-state index contributed by atoms with van der Waals surface area (Å²) in [5.41, 5.74) is 3.80. The van der Waals surface area contributed by atoms with E-state index in [2.05, 4.69) is 45.9 Å². The van der Waals surface area contributed by atoms with Crippen molar-refractivity contribution >= 4 is 5.78 Å². The molecule has 2 aliphatic heterocycles. The summed E-state index contributed by atoms with van der Waals surface area (Å²) in [5.74, 6) is 0.917. The van der Waals surface area contributed by atoms with Gasteiger partial charge in [0.2, 0.25) is 0 Å². The van der Waals surface area contributed by atoms with Gasteiger partial charge in [-0.1, -0.05) is 39.0 Å². The number of ether oxygens (including phenoxy) is 2. The molecular weight excluding hydrogens is 300 g/mol. The van der Waals surface area contributed by atoms with Crippen LogP contribution < -0.4 is 0 Å². The maximum Gasteiger partial charge on any atom is 0.140 e. The third kappa shape index (κ3) is 2.53. The molecule has 1 saturated heterocycles. The number of fused-ring (bicyclic) bond motifs is 3. The van der Waals surface area contributed by atoms with Crippen LogP contribution in [0.3, 0.4) is 0 Å². The summed E-state index contributed by atoms with van der Waals surface area (Å²) in [6.07, 6.45) is 2.72. The van der Waals surface area contributed by atoms with Crippen molar-refractivity contribution in [3.8, 4) is 0 Å². The van der Waals surface area contributed by atoms with Gasteiger partial charge in [0, 0.05) is 12.3 Å². The topological polar surface area (TPSA) is 35.5 Å². The first kappa shape index (κ1) is 16.3. The van der Waals surface area contributed by atoms with Gasteiger partial charge < -0.3 is 9.47 Å². The average molecular weight is 328 g/mol. The van der Waals surface area contributed by atoms with Crippen LogP contribution in [0.25, 0.3) is 0 Å². The molecule has 3 aliphatic rings. The van der Waals surface area contributed by atoms with Crippen molar-refractivity contribution in [2.45, 2.75) is 58.7 Å². The molecule has 130 valence electrons. The second kappa shape index (κ2) is 5.40. The third-order valence-corrected chi connectivity index (χ3v) is 5.99. The number of aryl methyl sites for hydroxylation is 1. The van der Waals surface area contributed by atoms with Crippen LogP contribution in [-0.2, 0) is 26.3 Å². The minimum Gasteiger partial charge on any atom is -0.375 e. The molecule has 0 bridgehead atoms. The summed E-state index contributed by atoms with van der Waals surface area (Å²) in [6, 6.07) is 6.49. The van der Waals surface area contributed by atoms with E-state index in [1.165, 1.54) is 16.7 Å². The molecule has 3 heteroatoms. The molecule has 2 fully saturated rings. The van der Waals surface area contributed by atoms with Gasteiger partial charge in [0.1, 0.15) is 11.4 Å². The minimum absolute atomic E-state index is 0.0601. The van der Waals surface area contributed by atoms with Gasteiger partial charge in [0.25, 0.3) is 0 Å². The minimum atomic E-state index is -0.265. The fourth-order valence-corrected chi connectivity index (χ4v) is 4.60. The maximum atomic E-state index is 12.8. The molecule has 0 amide bonds. The molecule has 0 aromatic heterocycles. The normalized spacial score (nSPS) is 30.6. The van der Waals surface area contributed by atoms with Crippen molar-refractivity contribution in [1.29, 1.82) is 0 Å². The van der Waals surface area contributed by atoms with E-state index in [4.69, 9.17) is 9.47 Å². The molecule has 3 unspecified atom stereocenters. The van der Waals surface area contributed by atoms with Gasteiger partial charge in [-0.25, -0.2) is 0 Å². The largest absolute Gasteiger partial charge is 0.375 e. The summed E-state index contributed by atoms with van der Waals surface area (Å²) >= 11 is 0. The molecule has 1 aromatic carbocycles. The maximum absolute atomic E-state index is 12.8. The van der Waals surface area contributed by atoms with Crippen LogP contribution in [0.5, 0.6) is 0 Å². The highest BCUT2D eigenvalue weighted by Crippen LogP contribution is 2.51. The summed E-state index contributed by atoms with van der Waals surface area (Å²) < 4.78 is 12.1. The highest BCUT2D eigenvalue weighted by atomic mass is 16.6. The Morgan fingerprint density at radius 2 is 2.04 bits per heavy atom. The van der Waals surface area contributed by atoms with Crippen LogP contribution >= 0.6 is 0 Å². The van der Waals surface area contributed by atoms with Crippen molar-refractivity contribution < 1.29 is 14.3 Å². The second-order valence-corrected chi connectivity index (χ2v) is 9.16. The Hall–Kier alpha value is -1.19. The van der Waals surface area contributed by atoms with E-state index >= 15 is 0 Å². The van der Waals surface area contributed by atoms with Gasteiger partial charge in [0.15, 0.2) is 0 Å². The second-order valence-electron chi connectivity index (χ2n) is 9.16. The van der Waals surface area contributed by atoms with E-state index in [9.17, 15) is 4.79 Å². The molecule has 0 N–H and O–H groups in total. The first-order valence-corrected chi connectivity index (χ1v) is 9.16. The smallest absolute Gasteiger partial charge is 0.140 e. The Balaban J connectivity index is 1.63. The molecule has 1 saturated carbocycles. The first-order chi connectivity index (χ1) is 11.3. The lowest BCUT2D eigenvalue weighted by Crippen LogP contribution is -2.55. The molecule has 1 aliphatic carbocycles. The number of Topliss-reactive ketones (excluding diaryl/α,β-unsaturated/α-hetero) is 1. The van der Waals surface area contributed by atoms with Crippen molar-refractivity contribution in [3.63, 3.8) is 0 Å². The van der Waals surface area contributed by atoms with E-state index in [0.29, 0.717) is 31.3 Å². The lowest BCUT2D eigenvalue weighted by molar-refractivity contribution is -0.263. The Morgan fingerprint density at radius 3 is 2.67 bits per heavy atom. The third-order valence-electron chi connectivity index (χ3n) is 5.99. The molecule has 3 atom stereocenters. The molecule has 3 nitrogen and oxygen atoms in total. The predicted molar refractivity (Wildman–Crippen MR) is 92.9 cm³/mol. The fourth-order valence-electron chi connectivity index (χ4n) is 4.60. The average Bonchev–Trinajstić information content (AvgIpc) is 2.52. The van der Waals surface area contributed by atoms with Gasteiger partial charge in [-0.15, -0.1) is 0 Å². The summed E-state index contributed by atoms with van der Waals surface area (Å²) in [7, 11) is 0. The monoisotopic (exact) mass is 328 g/mol. The summed E-state index contributed by atoms with van der Waals surface area (Å²) in [6.45, 7) is 9.90. The number of hydrogen-bond acceptors (Lipinski definition) is 3. The van der Waals surface area contributed by atoms with Crippen LogP contribution in [0.2, 0.25) is 0 Å². The van der Waals surface area contributed by atoms with Gasteiger partial charge in [0.05, 0.1) is 19.3 Å². The Labute approximate surface area is 144 Å². The molecular formula is C21H28O3. The highest BCUT2D eigenvalue weighted by Gasteiger charge is 2.55. The number of carbonyl (C=O) groups is 1. The zero-order chi connectivity index (χ0) is 17.1. The highest BCUT2D eigenvalue weighted by molar-refractivity contribution is 5.83. The quantitative estimate of drug-likeness (QED) is 0.828. The van der Waals surface area contributed by atoms with Crippen LogP contribution in [0.4, 0.5) is 0 Å². The lowest BCUT2D eigenvalue weighted by atomic mass is 9.64. The molecule has 24 heavy (non-hydrogen) atoms. The van der Waals surface area contributed by atoms with E-state index < -0.39 is 0 Å². The standard InChI is InChI=1S/C21H28O3/c1-13-6-5-7-17-14(13)8-16-15(18(22)10-20(2,3)4)9-19(16)24-21(17)11-23-12-21/h5-7,15-16,19H,8-12H2,1-4H3. The molecule has 2 heterocycles. The number of rotatable bonds is 2. The van der Waals surface area contributed by atoms with E-state index in [0.717, 1.165) is 12.8 Å². The van der Waals surface area contributed by atoms with Crippen LogP contribution in [-0.4, -0.2) is 25.1 Å². The molecule has 0 radical (unpaired) electrons. The Bertz CT molecular complexity index is 666. The number of carbonyl (C=O) groups excluding carboxylic acids is 1. The molecule has 1 spiro atoms. The van der Waals surface area contributed by atoms with E-state index in [1.807, 2.05) is 0 Å². The van der Waals surface area contributed by atoms with E-state index in [-0.39, 0.29) is 23.0 Å². The van der Waals surface area contributed by atoms with Gasteiger partial charge >= 0.3 is 0 Å². The number of hydrogen-bond donors (Lipinski definition) is 0. The van der Waals surface area contributed by atoms with Gasteiger partial charge in [-0.05, 0) is 47.8 Å². The summed E-state index contributed by atoms with van der Waals surface area (Å²) in [5, 5.41) is 0. The summed E-state index contributed by atoms with van der Waals surface area (Å²) in [4.78, 5) is 12.8. The fraction of sp³-hybridized carbons (Fsp3) is 0.667. The van der Waals surface area contributed by atoms with Gasteiger partial charge in [-0.2, -0.15) is 0 Å². The first-order valence-electron chi connectivity index (χ1n) is 9.16. The van der Waals surface area contributed by atoms with Crippen molar-refractivity contribution in [1.82, 2.24) is 0 Å². The Kier molecular flexibility index (Phi) is 3.67. The van der Waals surface area contributed by atoms with Gasteiger partial charge in [-0.3, -0.25) is 4.79 Å². The van der Waals surface area contributed by atoms with Crippen molar-refractivity contribution in [3.05, 3.63) is 34.9 Å². The van der Waals surface area contributed by atoms with Crippen LogP contribution in [0.15, 0.2) is 18.2 Å². The van der Waals surface area contributed by atoms with Crippen molar-refractivity contribution in [2.24, 2.45) is 17.3 Å². The lowest BCUT2D eigenvalue weighted by Gasteiger charge is -2.49.